The first-order valence-electron chi connectivity index (χ1n) is 6.13. The Morgan fingerprint density at radius 1 is 1.25 bits per heavy atom. The van der Waals surface area contributed by atoms with E-state index in [1.165, 1.54) is 17.9 Å². The van der Waals surface area contributed by atoms with Crippen LogP contribution in [-0.2, 0) is 4.79 Å². The van der Waals surface area contributed by atoms with Gasteiger partial charge in [0.15, 0.2) is 0 Å². The number of amides is 2. The fraction of sp³-hybridized carbons (Fsp3) is 0.385. The predicted molar refractivity (Wildman–Crippen MR) is 72.5 cm³/mol. The lowest BCUT2D eigenvalue weighted by atomic mass is 10.3. The molecule has 3 N–H and O–H groups in total. The van der Waals surface area contributed by atoms with Crippen molar-refractivity contribution in [3.8, 4) is 5.75 Å². The first-order valence-corrected chi connectivity index (χ1v) is 6.13. The number of aliphatic hydroxyl groups excluding tert-OH is 2. The summed E-state index contributed by atoms with van der Waals surface area (Å²) in [6.45, 7) is 1.14. The maximum atomic E-state index is 11.9. The minimum Gasteiger partial charge on any atom is -0.427 e. The molecule has 0 saturated heterocycles. The Balaban J connectivity index is 2.70. The molecule has 7 heteroatoms. The van der Waals surface area contributed by atoms with Gasteiger partial charge < -0.3 is 25.2 Å². The van der Waals surface area contributed by atoms with Gasteiger partial charge in [0, 0.05) is 31.8 Å². The van der Waals surface area contributed by atoms with Gasteiger partial charge in [-0.3, -0.25) is 4.79 Å². The Morgan fingerprint density at radius 3 is 2.45 bits per heavy atom. The summed E-state index contributed by atoms with van der Waals surface area (Å²) in [6.07, 6.45) is 0. The largest absolute Gasteiger partial charge is 0.427 e. The number of carbonyl (C=O) groups excluding carboxylic acids is 2. The van der Waals surface area contributed by atoms with Crippen LogP contribution in [0.25, 0.3) is 0 Å². The molecule has 0 aliphatic carbocycles. The molecule has 0 aromatic heterocycles. The average Bonchev–Trinajstić information content (AvgIpc) is 2.38. The minimum atomic E-state index is -0.451. The number of anilines is 1. The molecule has 0 unspecified atom stereocenters. The van der Waals surface area contributed by atoms with Crippen LogP contribution in [0.1, 0.15) is 6.92 Å². The van der Waals surface area contributed by atoms with Crippen molar-refractivity contribution in [3.05, 3.63) is 24.3 Å². The van der Waals surface area contributed by atoms with Gasteiger partial charge in [-0.15, -0.1) is 0 Å². The number of carbonyl (C=O) groups is 2. The summed E-state index contributed by atoms with van der Waals surface area (Å²) < 4.78 is 4.91. The van der Waals surface area contributed by atoms with Crippen LogP contribution in [0.3, 0.4) is 0 Å². The third-order valence-corrected chi connectivity index (χ3v) is 2.37. The molecule has 0 bridgehead atoms. The van der Waals surface area contributed by atoms with Crippen molar-refractivity contribution in [2.75, 3.05) is 31.6 Å². The van der Waals surface area contributed by atoms with Gasteiger partial charge in [-0.05, 0) is 12.1 Å². The number of benzene rings is 1. The van der Waals surface area contributed by atoms with Crippen molar-refractivity contribution < 1.29 is 24.5 Å². The normalized spacial score (nSPS) is 9.95. The molecule has 1 aromatic carbocycles. The van der Waals surface area contributed by atoms with E-state index in [2.05, 4.69) is 5.32 Å². The molecular weight excluding hydrogens is 264 g/mol. The third-order valence-electron chi connectivity index (χ3n) is 2.37. The van der Waals surface area contributed by atoms with E-state index >= 15 is 0 Å². The molecule has 0 radical (unpaired) electrons. The van der Waals surface area contributed by atoms with Gasteiger partial charge in [-0.25, -0.2) is 4.79 Å². The molecule has 1 rings (SSSR count). The highest BCUT2D eigenvalue weighted by molar-refractivity contribution is 5.89. The average molecular weight is 282 g/mol. The molecule has 110 valence electrons. The lowest BCUT2D eigenvalue weighted by Gasteiger charge is -2.21. The monoisotopic (exact) mass is 282 g/mol. The van der Waals surface area contributed by atoms with Crippen LogP contribution in [0.15, 0.2) is 24.3 Å². The Morgan fingerprint density at radius 2 is 1.90 bits per heavy atom. The number of rotatable bonds is 6. The van der Waals surface area contributed by atoms with Crippen LogP contribution >= 0.6 is 0 Å². The van der Waals surface area contributed by atoms with E-state index in [1.54, 1.807) is 18.2 Å². The van der Waals surface area contributed by atoms with Crippen LogP contribution in [-0.4, -0.2) is 53.4 Å². The Kier molecular flexibility index (Phi) is 6.48. The van der Waals surface area contributed by atoms with Crippen LogP contribution in [0.5, 0.6) is 5.75 Å². The summed E-state index contributed by atoms with van der Waals surface area (Å²) in [6, 6.07) is 5.93. The molecule has 20 heavy (non-hydrogen) atoms. The number of esters is 1. The fourth-order valence-electron chi connectivity index (χ4n) is 1.56. The van der Waals surface area contributed by atoms with E-state index in [0.717, 1.165) is 0 Å². The van der Waals surface area contributed by atoms with E-state index in [1.807, 2.05) is 0 Å². The van der Waals surface area contributed by atoms with Gasteiger partial charge in [0.25, 0.3) is 0 Å². The summed E-state index contributed by atoms with van der Waals surface area (Å²) in [5.41, 5.74) is 0.453. The van der Waals surface area contributed by atoms with Gasteiger partial charge in [0.2, 0.25) is 0 Å². The summed E-state index contributed by atoms with van der Waals surface area (Å²) >= 11 is 0. The molecule has 2 amide bonds. The number of nitrogens with zero attached hydrogens (tertiary/aromatic N) is 1. The third kappa shape index (κ3) is 5.25. The van der Waals surface area contributed by atoms with Crippen molar-refractivity contribution in [2.45, 2.75) is 6.92 Å². The summed E-state index contributed by atoms with van der Waals surface area (Å²) in [5.74, 6) is -0.123. The standard InChI is InChI=1S/C13H18N2O5/c1-10(18)20-12-4-2-3-11(9-12)14-13(19)15(5-7-16)6-8-17/h2-4,9,16-17H,5-8H2,1H3,(H,14,19). The fourth-order valence-corrected chi connectivity index (χ4v) is 1.56. The first-order chi connectivity index (χ1) is 9.56. The van der Waals surface area contributed by atoms with Gasteiger partial charge in [0.1, 0.15) is 5.75 Å². The number of ether oxygens (including phenoxy) is 1. The molecule has 0 fully saturated rings. The summed E-state index contributed by atoms with van der Waals surface area (Å²) in [4.78, 5) is 24.0. The summed E-state index contributed by atoms with van der Waals surface area (Å²) in [5, 5.41) is 20.3. The molecule has 0 aliphatic rings. The minimum absolute atomic E-state index is 0.121. The number of aliphatic hydroxyl groups is 2. The second kappa shape index (κ2) is 8.13. The second-order valence-corrected chi connectivity index (χ2v) is 3.99. The molecular formula is C13H18N2O5. The molecule has 0 aliphatic heterocycles. The SMILES string of the molecule is CC(=O)Oc1cccc(NC(=O)N(CCO)CCO)c1. The van der Waals surface area contributed by atoms with Crippen LogP contribution in [0, 0.1) is 0 Å². The van der Waals surface area contributed by atoms with Crippen LogP contribution in [0.2, 0.25) is 0 Å². The molecule has 0 spiro atoms. The van der Waals surface area contributed by atoms with Crippen molar-refractivity contribution >= 4 is 17.7 Å². The number of nitrogens with one attached hydrogen (secondary N) is 1. The van der Waals surface area contributed by atoms with Gasteiger partial charge >= 0.3 is 12.0 Å². The highest BCUT2D eigenvalue weighted by atomic mass is 16.5. The van der Waals surface area contributed by atoms with Crippen molar-refractivity contribution in [3.63, 3.8) is 0 Å². The highest BCUT2D eigenvalue weighted by Crippen LogP contribution is 2.17. The van der Waals surface area contributed by atoms with Gasteiger partial charge in [0.05, 0.1) is 13.2 Å². The lowest BCUT2D eigenvalue weighted by molar-refractivity contribution is -0.131. The zero-order valence-electron chi connectivity index (χ0n) is 11.2. The smallest absolute Gasteiger partial charge is 0.322 e. The maximum absolute atomic E-state index is 11.9. The quantitative estimate of drug-likeness (QED) is 0.519. The number of urea groups is 1. The first kappa shape index (κ1) is 15.9. The highest BCUT2D eigenvalue weighted by Gasteiger charge is 2.12. The predicted octanol–water partition coefficient (Wildman–Crippen LogP) is 0.430. The molecule has 0 heterocycles. The van der Waals surface area contributed by atoms with E-state index in [9.17, 15) is 9.59 Å². The zero-order valence-corrected chi connectivity index (χ0v) is 11.2. The van der Waals surface area contributed by atoms with Crippen LogP contribution in [0.4, 0.5) is 10.5 Å². The summed E-state index contributed by atoms with van der Waals surface area (Å²) in [7, 11) is 0. The van der Waals surface area contributed by atoms with E-state index in [4.69, 9.17) is 14.9 Å². The van der Waals surface area contributed by atoms with Crippen molar-refractivity contribution in [1.82, 2.24) is 4.90 Å². The zero-order chi connectivity index (χ0) is 15.0. The number of hydrogen-bond acceptors (Lipinski definition) is 5. The lowest BCUT2D eigenvalue weighted by Crippen LogP contribution is -2.38. The molecule has 7 nitrogen and oxygen atoms in total. The topological polar surface area (TPSA) is 99.1 Å². The molecule has 0 atom stereocenters. The Bertz CT molecular complexity index is 458. The van der Waals surface area contributed by atoms with Crippen molar-refractivity contribution in [1.29, 1.82) is 0 Å². The maximum Gasteiger partial charge on any atom is 0.322 e. The van der Waals surface area contributed by atoms with Crippen LogP contribution < -0.4 is 10.1 Å². The Labute approximate surface area is 116 Å². The second-order valence-electron chi connectivity index (χ2n) is 3.99. The number of hydrogen-bond donors (Lipinski definition) is 3. The molecule has 0 saturated carbocycles. The molecule has 1 aromatic rings. The Hall–Kier alpha value is -2.12. The van der Waals surface area contributed by atoms with Gasteiger partial charge in [-0.1, -0.05) is 6.07 Å². The van der Waals surface area contributed by atoms with E-state index in [-0.39, 0.29) is 26.3 Å². The van der Waals surface area contributed by atoms with Gasteiger partial charge in [-0.2, -0.15) is 0 Å². The van der Waals surface area contributed by atoms with Crippen molar-refractivity contribution in [2.24, 2.45) is 0 Å². The van der Waals surface area contributed by atoms with E-state index < -0.39 is 12.0 Å². The van der Waals surface area contributed by atoms with E-state index in [0.29, 0.717) is 11.4 Å².